The maximum Gasteiger partial charge on any atom is 0.144 e. The van der Waals surface area contributed by atoms with Crippen molar-refractivity contribution in [2.75, 3.05) is 44.5 Å². The van der Waals surface area contributed by atoms with Crippen molar-refractivity contribution >= 4 is 11.4 Å². The fraction of sp³-hybridized carbons (Fsp3) is 0.538. The van der Waals surface area contributed by atoms with Crippen LogP contribution >= 0.6 is 0 Å². The molecule has 0 spiro atoms. The molecule has 0 unspecified atom stereocenters. The first kappa shape index (κ1) is 13.6. The molecule has 0 aromatic heterocycles. The van der Waals surface area contributed by atoms with E-state index in [0.717, 1.165) is 31.1 Å². The lowest BCUT2D eigenvalue weighted by atomic mass is 10.2. The molecule has 0 aliphatic rings. The van der Waals surface area contributed by atoms with Gasteiger partial charge in [0, 0.05) is 45.5 Å². The third-order valence-corrected chi connectivity index (χ3v) is 2.41. The molecule has 1 rings (SSSR count). The van der Waals surface area contributed by atoms with E-state index in [1.165, 1.54) is 0 Å². The molecule has 0 bridgehead atoms. The summed E-state index contributed by atoms with van der Waals surface area (Å²) < 4.78 is 10.9. The molecular weight excluding hydrogens is 216 g/mol. The molecule has 1 aromatic rings. The van der Waals surface area contributed by atoms with Crippen LogP contribution in [0.4, 0.5) is 11.4 Å². The average Bonchev–Trinajstić information content (AvgIpc) is 2.30. The molecule has 2 N–H and O–H groups in total. The summed E-state index contributed by atoms with van der Waals surface area (Å²) in [7, 11) is 3.98. The lowest BCUT2D eigenvalue weighted by Crippen LogP contribution is -2.10. The number of ether oxygens (including phenoxy) is 2. The van der Waals surface area contributed by atoms with Gasteiger partial charge < -0.3 is 20.1 Å². The molecular formula is C13H22N2O2. The van der Waals surface area contributed by atoms with Crippen LogP contribution in [-0.2, 0) is 4.74 Å². The number of anilines is 2. The van der Waals surface area contributed by atoms with Crippen molar-refractivity contribution in [1.29, 1.82) is 0 Å². The number of benzene rings is 1. The second kappa shape index (κ2) is 7.01. The van der Waals surface area contributed by atoms with Gasteiger partial charge in [-0.25, -0.2) is 0 Å². The van der Waals surface area contributed by atoms with Gasteiger partial charge in [0.25, 0.3) is 0 Å². The van der Waals surface area contributed by atoms with Gasteiger partial charge in [-0.15, -0.1) is 0 Å². The van der Waals surface area contributed by atoms with Crippen molar-refractivity contribution in [3.63, 3.8) is 0 Å². The molecule has 0 atom stereocenters. The Morgan fingerprint density at radius 3 is 2.65 bits per heavy atom. The average molecular weight is 238 g/mol. The second-order valence-electron chi connectivity index (χ2n) is 4.02. The Bertz CT molecular complexity index is 340. The highest BCUT2D eigenvalue weighted by Gasteiger charge is 2.03. The van der Waals surface area contributed by atoms with Crippen molar-refractivity contribution in [2.24, 2.45) is 0 Å². The summed E-state index contributed by atoms with van der Waals surface area (Å²) in [5.41, 5.74) is 7.61. The SMILES string of the molecule is CCOCCCOc1cc(N(C)C)ccc1N. The number of hydrogen-bond acceptors (Lipinski definition) is 4. The molecule has 4 nitrogen and oxygen atoms in total. The molecule has 4 heteroatoms. The van der Waals surface area contributed by atoms with E-state index in [-0.39, 0.29) is 0 Å². The highest BCUT2D eigenvalue weighted by molar-refractivity contribution is 5.61. The van der Waals surface area contributed by atoms with Gasteiger partial charge in [0.15, 0.2) is 0 Å². The van der Waals surface area contributed by atoms with Crippen molar-refractivity contribution in [2.45, 2.75) is 13.3 Å². The van der Waals surface area contributed by atoms with Gasteiger partial charge in [0.05, 0.1) is 12.3 Å². The molecule has 0 fully saturated rings. The molecule has 0 aliphatic heterocycles. The van der Waals surface area contributed by atoms with E-state index in [2.05, 4.69) is 0 Å². The van der Waals surface area contributed by atoms with Crippen LogP contribution in [0.5, 0.6) is 5.75 Å². The molecule has 0 heterocycles. The van der Waals surface area contributed by atoms with E-state index >= 15 is 0 Å². The van der Waals surface area contributed by atoms with Crippen LogP contribution in [-0.4, -0.2) is 33.9 Å². The molecule has 17 heavy (non-hydrogen) atoms. The zero-order valence-electron chi connectivity index (χ0n) is 10.9. The summed E-state index contributed by atoms with van der Waals surface area (Å²) in [5.74, 6) is 0.743. The molecule has 0 saturated heterocycles. The van der Waals surface area contributed by atoms with Crippen molar-refractivity contribution in [1.82, 2.24) is 0 Å². The maximum atomic E-state index is 5.86. The van der Waals surface area contributed by atoms with Gasteiger partial charge in [0.1, 0.15) is 5.75 Å². The second-order valence-corrected chi connectivity index (χ2v) is 4.02. The Balaban J connectivity index is 2.49. The fourth-order valence-corrected chi connectivity index (χ4v) is 1.41. The minimum Gasteiger partial charge on any atom is -0.491 e. The maximum absolute atomic E-state index is 5.86. The first-order chi connectivity index (χ1) is 8.15. The van der Waals surface area contributed by atoms with Crippen LogP contribution in [0, 0.1) is 0 Å². The van der Waals surface area contributed by atoms with E-state index in [9.17, 15) is 0 Å². The van der Waals surface area contributed by atoms with Gasteiger partial charge >= 0.3 is 0 Å². The third-order valence-electron chi connectivity index (χ3n) is 2.41. The highest BCUT2D eigenvalue weighted by atomic mass is 16.5. The summed E-state index contributed by atoms with van der Waals surface area (Å²) in [4.78, 5) is 2.02. The van der Waals surface area contributed by atoms with Gasteiger partial charge in [-0.05, 0) is 19.1 Å². The van der Waals surface area contributed by atoms with Crippen LogP contribution in [0.25, 0.3) is 0 Å². The van der Waals surface area contributed by atoms with E-state index in [0.29, 0.717) is 12.3 Å². The van der Waals surface area contributed by atoms with Crippen molar-refractivity contribution in [3.8, 4) is 5.75 Å². The standard InChI is InChI=1S/C13H22N2O2/c1-4-16-8-5-9-17-13-10-11(15(2)3)6-7-12(13)14/h6-7,10H,4-5,8-9,14H2,1-3H3. The smallest absolute Gasteiger partial charge is 0.144 e. The normalized spacial score (nSPS) is 10.3. The number of nitrogen functional groups attached to an aromatic ring is 1. The first-order valence-electron chi connectivity index (χ1n) is 5.92. The summed E-state index contributed by atoms with van der Waals surface area (Å²) in [6.45, 7) is 4.09. The van der Waals surface area contributed by atoms with Crippen molar-refractivity contribution in [3.05, 3.63) is 18.2 Å². The molecule has 0 amide bonds. The zero-order valence-corrected chi connectivity index (χ0v) is 10.9. The molecule has 1 aromatic carbocycles. The topological polar surface area (TPSA) is 47.7 Å². The predicted molar refractivity (Wildman–Crippen MR) is 71.8 cm³/mol. The molecule has 0 radical (unpaired) electrons. The number of nitrogens with zero attached hydrogens (tertiary/aromatic N) is 1. The van der Waals surface area contributed by atoms with Crippen LogP contribution in [0.15, 0.2) is 18.2 Å². The van der Waals surface area contributed by atoms with E-state index in [4.69, 9.17) is 15.2 Å². The monoisotopic (exact) mass is 238 g/mol. The lowest BCUT2D eigenvalue weighted by molar-refractivity contribution is 0.131. The molecule has 0 saturated carbocycles. The Morgan fingerprint density at radius 2 is 2.00 bits per heavy atom. The zero-order chi connectivity index (χ0) is 12.7. The van der Waals surface area contributed by atoms with Crippen LogP contribution in [0.1, 0.15) is 13.3 Å². The van der Waals surface area contributed by atoms with Crippen LogP contribution in [0.3, 0.4) is 0 Å². The lowest BCUT2D eigenvalue weighted by Gasteiger charge is -2.15. The van der Waals surface area contributed by atoms with Crippen LogP contribution in [0.2, 0.25) is 0 Å². The van der Waals surface area contributed by atoms with Gasteiger partial charge in [-0.1, -0.05) is 0 Å². The molecule has 96 valence electrons. The van der Waals surface area contributed by atoms with E-state index < -0.39 is 0 Å². The quantitative estimate of drug-likeness (QED) is 0.584. The summed E-state index contributed by atoms with van der Waals surface area (Å²) >= 11 is 0. The Morgan fingerprint density at radius 1 is 1.24 bits per heavy atom. The molecule has 0 aliphatic carbocycles. The van der Waals surface area contributed by atoms with Crippen LogP contribution < -0.4 is 15.4 Å². The Hall–Kier alpha value is -1.42. The van der Waals surface area contributed by atoms with E-state index in [1.807, 2.05) is 44.1 Å². The van der Waals surface area contributed by atoms with Gasteiger partial charge in [-0.3, -0.25) is 0 Å². The number of nitrogens with two attached hydrogens (primary N) is 1. The fourth-order valence-electron chi connectivity index (χ4n) is 1.41. The van der Waals surface area contributed by atoms with E-state index in [1.54, 1.807) is 0 Å². The minimum atomic E-state index is 0.626. The van der Waals surface area contributed by atoms with Gasteiger partial charge in [-0.2, -0.15) is 0 Å². The third kappa shape index (κ3) is 4.53. The largest absolute Gasteiger partial charge is 0.491 e. The first-order valence-corrected chi connectivity index (χ1v) is 5.92. The van der Waals surface area contributed by atoms with Crippen molar-refractivity contribution < 1.29 is 9.47 Å². The minimum absolute atomic E-state index is 0.626. The summed E-state index contributed by atoms with van der Waals surface area (Å²) in [6, 6.07) is 5.80. The Labute approximate surface area is 103 Å². The predicted octanol–water partition coefficient (Wildman–Crippen LogP) is 2.14. The summed E-state index contributed by atoms with van der Waals surface area (Å²) in [5, 5.41) is 0. The Kier molecular flexibility index (Phi) is 5.63. The number of hydrogen-bond donors (Lipinski definition) is 1. The number of rotatable bonds is 7. The summed E-state index contributed by atoms with van der Waals surface area (Å²) in [6.07, 6.45) is 0.874. The van der Waals surface area contributed by atoms with Gasteiger partial charge in [0.2, 0.25) is 0 Å². The highest BCUT2D eigenvalue weighted by Crippen LogP contribution is 2.26.